The van der Waals surface area contributed by atoms with E-state index in [9.17, 15) is 33.5 Å². The van der Waals surface area contributed by atoms with Crippen LogP contribution in [0.3, 0.4) is 0 Å². The number of imide groups is 1. The molecule has 2 fully saturated rings. The van der Waals surface area contributed by atoms with Crippen LogP contribution in [0, 0.1) is 17.2 Å². The van der Waals surface area contributed by atoms with Crippen molar-refractivity contribution in [1.29, 1.82) is 0 Å². The number of carbonyl (C=O) groups excluding carboxylic acids is 2. The van der Waals surface area contributed by atoms with Crippen molar-refractivity contribution in [2.24, 2.45) is 18.4 Å². The van der Waals surface area contributed by atoms with Crippen molar-refractivity contribution in [1.82, 2.24) is 23.5 Å². The third kappa shape index (κ3) is 4.82. The largest absolute Gasteiger partial charge is 0.505 e. The Bertz CT molecular complexity index is 2590. The van der Waals surface area contributed by atoms with Crippen LogP contribution in [-0.2, 0) is 36.1 Å². The zero-order valence-corrected chi connectivity index (χ0v) is 29.3. The highest BCUT2D eigenvalue weighted by Crippen LogP contribution is 2.61. The van der Waals surface area contributed by atoms with Crippen LogP contribution in [0.4, 0.5) is 10.1 Å². The summed E-state index contributed by atoms with van der Waals surface area (Å²) in [6, 6.07) is 14.8. The number of ether oxygens (including phenoxy) is 2. The first-order chi connectivity index (χ1) is 25.4. The second-order valence-electron chi connectivity index (χ2n) is 13.8. The summed E-state index contributed by atoms with van der Waals surface area (Å²) in [5, 5.41) is 10.0. The van der Waals surface area contributed by atoms with E-state index in [1.54, 1.807) is 62.5 Å². The Morgan fingerprint density at radius 2 is 1.68 bits per heavy atom. The first-order valence-electron chi connectivity index (χ1n) is 17.1. The number of nitrogens with zero attached hydrogens (tertiary/aromatic N) is 6. The minimum atomic E-state index is -1.39. The molecule has 2 amide bonds. The maximum absolute atomic E-state index is 15.0. The van der Waals surface area contributed by atoms with E-state index < -0.39 is 63.6 Å². The number of aromatic hydroxyl groups is 1. The van der Waals surface area contributed by atoms with Crippen molar-refractivity contribution in [3.05, 3.63) is 121 Å². The average Bonchev–Trinajstić information content (AvgIpc) is 3.52. The van der Waals surface area contributed by atoms with Crippen molar-refractivity contribution < 1.29 is 28.6 Å². The van der Waals surface area contributed by atoms with Gasteiger partial charge < -0.3 is 19.1 Å². The molecule has 4 atom stereocenters. The molecule has 2 aliphatic heterocycles. The van der Waals surface area contributed by atoms with Crippen LogP contribution in [0.25, 0.3) is 11.0 Å². The summed E-state index contributed by atoms with van der Waals surface area (Å²) in [5.74, 6) is -3.39. The summed E-state index contributed by atoms with van der Waals surface area (Å²) in [4.78, 5) is 75.9. The van der Waals surface area contributed by atoms with Crippen molar-refractivity contribution >= 4 is 28.5 Å². The molecule has 2 aromatic heterocycles. The maximum Gasteiger partial charge on any atom is 0.347 e. The van der Waals surface area contributed by atoms with Crippen LogP contribution in [0.5, 0.6) is 17.2 Å². The second kappa shape index (κ2) is 12.2. The fourth-order valence-electron chi connectivity index (χ4n) is 8.51. The molecule has 0 unspecified atom stereocenters. The van der Waals surface area contributed by atoms with Crippen molar-refractivity contribution in [3.8, 4) is 17.2 Å². The number of phenolic OH excluding ortho intramolecular Hbond substituents is 1. The molecule has 1 aliphatic carbocycles. The molecule has 3 aromatic carbocycles. The minimum Gasteiger partial charge on any atom is -0.505 e. The van der Waals surface area contributed by atoms with Crippen LogP contribution in [0.15, 0.2) is 86.7 Å². The summed E-state index contributed by atoms with van der Waals surface area (Å²) < 4.78 is 30.8. The number of phenols is 1. The third-order valence-corrected chi connectivity index (χ3v) is 11.2. The number of hydrogen-bond acceptors (Lipinski definition) is 9. The maximum atomic E-state index is 15.0. The third-order valence-electron chi connectivity index (χ3n) is 11.2. The fraction of sp³-hybridized carbons (Fsp3) is 0.316. The number of methoxy groups -OCH3 is 2. The van der Waals surface area contributed by atoms with Gasteiger partial charge in [-0.15, -0.1) is 0 Å². The molecule has 272 valence electrons. The lowest BCUT2D eigenvalue weighted by Gasteiger charge is -2.47. The first-order valence-corrected chi connectivity index (χ1v) is 17.1. The predicted molar refractivity (Wildman–Crippen MR) is 190 cm³/mol. The van der Waals surface area contributed by atoms with Crippen LogP contribution < -0.4 is 31.3 Å². The Hall–Kier alpha value is -6.25. The first kappa shape index (κ1) is 33.9. The highest BCUT2D eigenvalue weighted by Gasteiger charge is 2.65. The van der Waals surface area contributed by atoms with Gasteiger partial charge in [0.1, 0.15) is 5.69 Å². The quantitative estimate of drug-likeness (QED) is 0.197. The van der Waals surface area contributed by atoms with Gasteiger partial charge in [-0.3, -0.25) is 14.4 Å². The average molecular weight is 723 g/mol. The fourth-order valence-corrected chi connectivity index (χ4v) is 8.51. The standard InChI is InChI=1S/C38H35FN6O8/c1-38-23(33(47)44(35(38)49)21-8-6-5-7-9-21)17-27-22(32(38)20-10-11-29(46)24(39)16-20)12-15-43-36(50)42(37(51)45(27)43)14-13-25-34(48)41(2)28-19-31(53-4)30(52-3)18-26(28)40-25/h5-12,16,18-19,23,27,32,46H,13-15,17H2,1-4H3/t23-,27+,32-,38+/m0/s1. The zero-order chi connectivity index (χ0) is 37.5. The van der Waals surface area contributed by atoms with E-state index in [-0.39, 0.29) is 31.6 Å². The van der Waals surface area contributed by atoms with Gasteiger partial charge in [0.15, 0.2) is 23.1 Å². The summed E-state index contributed by atoms with van der Waals surface area (Å²) in [6.07, 6.45) is 1.74. The number of rotatable bonds is 7. The monoisotopic (exact) mass is 722 g/mol. The van der Waals surface area contributed by atoms with E-state index in [4.69, 9.17) is 9.47 Å². The lowest BCUT2D eigenvalue weighted by molar-refractivity contribution is -0.129. The van der Waals surface area contributed by atoms with Crippen LogP contribution in [-0.4, -0.2) is 54.6 Å². The molecule has 8 rings (SSSR count). The van der Waals surface area contributed by atoms with Crippen LogP contribution in [0.1, 0.15) is 36.6 Å². The van der Waals surface area contributed by atoms with E-state index in [1.807, 2.05) is 0 Å². The molecule has 1 saturated carbocycles. The van der Waals surface area contributed by atoms with Gasteiger partial charge in [0.25, 0.3) is 5.56 Å². The Labute approximate surface area is 300 Å². The lowest BCUT2D eigenvalue weighted by atomic mass is 9.56. The van der Waals surface area contributed by atoms with Gasteiger partial charge >= 0.3 is 11.4 Å². The van der Waals surface area contributed by atoms with Gasteiger partial charge in [-0.25, -0.2) is 37.8 Å². The molecule has 0 radical (unpaired) electrons. The van der Waals surface area contributed by atoms with E-state index in [0.29, 0.717) is 39.4 Å². The molecule has 53 heavy (non-hydrogen) atoms. The van der Waals surface area contributed by atoms with E-state index in [1.165, 1.54) is 40.3 Å². The number of para-hydroxylation sites is 1. The van der Waals surface area contributed by atoms with Gasteiger partial charge in [0.2, 0.25) is 11.8 Å². The number of amides is 2. The number of allylic oxidation sites excluding steroid dienone is 2. The Balaban J connectivity index is 1.20. The molecule has 15 heteroatoms. The summed E-state index contributed by atoms with van der Waals surface area (Å²) in [7, 11) is 4.56. The van der Waals surface area contributed by atoms with Gasteiger partial charge in [0.05, 0.1) is 54.9 Å². The molecule has 4 heterocycles. The lowest BCUT2D eigenvalue weighted by Crippen LogP contribution is -2.49. The second-order valence-corrected chi connectivity index (χ2v) is 13.8. The van der Waals surface area contributed by atoms with Crippen LogP contribution in [0.2, 0.25) is 0 Å². The smallest absolute Gasteiger partial charge is 0.347 e. The Kier molecular flexibility index (Phi) is 7.78. The molecule has 14 nitrogen and oxygen atoms in total. The SMILES string of the molecule is COc1cc2nc(CCn3c(=O)n4n(c3=O)[C@@H]3C[C@H]5C(=O)N(c6ccccc6)C(=O)[C@@]5(C)[C@@H](c5ccc(O)c(F)c5)C3=CC4)c(=O)n(C)c2cc1OC. The minimum absolute atomic E-state index is 0.0226. The highest BCUT2D eigenvalue weighted by atomic mass is 19.1. The van der Waals surface area contributed by atoms with Crippen molar-refractivity contribution in [2.75, 3.05) is 19.1 Å². The molecular weight excluding hydrogens is 687 g/mol. The van der Waals surface area contributed by atoms with E-state index in [0.717, 1.165) is 15.5 Å². The molecule has 5 aromatic rings. The number of halogens is 1. The van der Waals surface area contributed by atoms with Gasteiger partial charge in [-0.05, 0) is 48.7 Å². The summed E-state index contributed by atoms with van der Waals surface area (Å²) in [5.41, 5.74) is -0.673. The van der Waals surface area contributed by atoms with E-state index >= 15 is 0 Å². The normalized spacial score (nSPS) is 22.0. The number of hydrogen-bond donors (Lipinski definition) is 1. The molecular formula is C38H35FN6O8. The van der Waals surface area contributed by atoms with Crippen molar-refractivity contribution in [2.45, 2.75) is 44.8 Å². The van der Waals surface area contributed by atoms with Crippen LogP contribution >= 0.6 is 0 Å². The summed E-state index contributed by atoms with van der Waals surface area (Å²) in [6.45, 7) is 1.49. The molecule has 3 aliphatic rings. The molecule has 1 saturated heterocycles. The summed E-state index contributed by atoms with van der Waals surface area (Å²) >= 11 is 0. The molecule has 0 bridgehead atoms. The Morgan fingerprint density at radius 3 is 2.38 bits per heavy atom. The topological polar surface area (TPSA) is 160 Å². The number of aromatic nitrogens is 5. The number of fused-ring (bicyclic) bond motifs is 5. The predicted octanol–water partition coefficient (Wildman–Crippen LogP) is 3.03. The van der Waals surface area contributed by atoms with Gasteiger partial charge in [0, 0.05) is 38.1 Å². The number of carbonyl (C=O) groups is 2. The number of benzene rings is 3. The molecule has 1 N–H and O–H groups in total. The van der Waals surface area contributed by atoms with Crippen molar-refractivity contribution in [3.63, 3.8) is 0 Å². The van der Waals surface area contributed by atoms with Gasteiger partial charge in [-0.2, -0.15) is 0 Å². The van der Waals surface area contributed by atoms with E-state index in [2.05, 4.69) is 4.98 Å². The van der Waals surface area contributed by atoms with Gasteiger partial charge in [-0.1, -0.05) is 30.3 Å². The number of aryl methyl sites for hydroxylation is 2. The molecule has 0 spiro atoms. The number of anilines is 1. The Morgan fingerprint density at radius 1 is 0.962 bits per heavy atom. The zero-order valence-electron chi connectivity index (χ0n) is 29.3. The highest BCUT2D eigenvalue weighted by molar-refractivity contribution is 6.24.